The van der Waals surface area contributed by atoms with Gasteiger partial charge in [0.05, 0.1) is 10.0 Å². The molecule has 2 saturated heterocycles. The Hall–Kier alpha value is -0.240. The molecule has 2 fully saturated rings. The van der Waals surface area contributed by atoms with Crippen LogP contribution in [0.5, 0.6) is 0 Å². The summed E-state index contributed by atoms with van der Waals surface area (Å²) >= 11 is 12.1. The number of benzene rings is 1. The normalized spacial score (nSPS) is 33.0. The molecule has 3 atom stereocenters. The van der Waals surface area contributed by atoms with Gasteiger partial charge in [0.25, 0.3) is 0 Å². The molecule has 1 nitrogen and oxygen atoms in total. The Morgan fingerprint density at radius 1 is 1.06 bits per heavy atom. The highest BCUT2D eigenvalue weighted by molar-refractivity contribution is 6.42. The molecule has 1 aromatic carbocycles. The van der Waals surface area contributed by atoms with Gasteiger partial charge in [0, 0.05) is 12.1 Å². The molecule has 0 radical (unpaired) electrons. The van der Waals surface area contributed by atoms with E-state index in [0.29, 0.717) is 22.0 Å². The quantitative estimate of drug-likeness (QED) is 0.734. The van der Waals surface area contributed by atoms with Crippen molar-refractivity contribution in [2.45, 2.75) is 43.7 Å². The molecule has 0 aromatic heterocycles. The second-order valence-corrected chi connectivity index (χ2v) is 6.14. The van der Waals surface area contributed by atoms with Gasteiger partial charge in [0.2, 0.25) is 0 Å². The van der Waals surface area contributed by atoms with E-state index in [1.165, 1.54) is 31.2 Å². The fourth-order valence-electron chi connectivity index (χ4n) is 3.57. The van der Waals surface area contributed by atoms with Gasteiger partial charge in [-0.2, -0.15) is 0 Å². The molecule has 0 spiro atoms. The monoisotopic (exact) mass is 269 g/mol. The van der Waals surface area contributed by atoms with Crippen LogP contribution < -0.4 is 0 Å². The van der Waals surface area contributed by atoms with Crippen LogP contribution in [0.4, 0.5) is 0 Å². The number of likely N-dealkylation sites (N-methyl/N-ethyl adjacent to an activating group) is 1. The molecule has 2 aliphatic rings. The number of piperidine rings is 1. The molecule has 3 heteroatoms. The third kappa shape index (κ3) is 1.99. The Labute approximate surface area is 113 Å². The maximum Gasteiger partial charge on any atom is 0.0595 e. The molecule has 0 amide bonds. The highest BCUT2D eigenvalue weighted by Gasteiger charge is 2.40. The minimum Gasteiger partial charge on any atom is -0.300 e. The van der Waals surface area contributed by atoms with Crippen LogP contribution in [0.2, 0.25) is 10.0 Å². The number of hydrogen-bond acceptors (Lipinski definition) is 1. The van der Waals surface area contributed by atoms with Crippen molar-refractivity contribution in [1.29, 1.82) is 0 Å². The maximum absolute atomic E-state index is 6.13. The molecule has 0 N–H and O–H groups in total. The van der Waals surface area contributed by atoms with Gasteiger partial charge in [-0.25, -0.2) is 0 Å². The lowest BCUT2D eigenvalue weighted by Crippen LogP contribution is -2.40. The number of hydrogen-bond donors (Lipinski definition) is 0. The zero-order valence-electron chi connectivity index (χ0n) is 10.00. The van der Waals surface area contributed by atoms with E-state index in [2.05, 4.69) is 24.1 Å². The predicted molar refractivity (Wildman–Crippen MR) is 73.0 cm³/mol. The highest BCUT2D eigenvalue weighted by Crippen LogP contribution is 2.43. The Bertz CT molecular complexity index is 432. The van der Waals surface area contributed by atoms with E-state index in [-0.39, 0.29) is 0 Å². The summed E-state index contributed by atoms with van der Waals surface area (Å²) in [6, 6.07) is 7.65. The van der Waals surface area contributed by atoms with Crippen LogP contribution >= 0.6 is 23.2 Å². The number of nitrogens with zero attached hydrogens (tertiary/aromatic N) is 1. The molecule has 2 heterocycles. The Kier molecular flexibility index (Phi) is 3.10. The molecule has 2 aliphatic heterocycles. The third-order valence-corrected chi connectivity index (χ3v) is 5.28. The summed E-state index contributed by atoms with van der Waals surface area (Å²) in [5.74, 6) is 0.633. The molecule has 0 unspecified atom stereocenters. The number of rotatable bonds is 1. The zero-order chi connectivity index (χ0) is 12.0. The Morgan fingerprint density at radius 2 is 1.82 bits per heavy atom. The standard InChI is InChI=1S/C14H17Cl2N/c1-17-10-3-5-11(14(17)7-4-10)9-2-6-12(15)13(16)8-9/h2,6,8,10-11,14H,3-5,7H2,1H3/t10-,11-,14-/m1/s1. The van der Waals surface area contributed by atoms with Crippen LogP contribution in [0.3, 0.4) is 0 Å². The molecule has 17 heavy (non-hydrogen) atoms. The molecule has 0 aliphatic carbocycles. The van der Waals surface area contributed by atoms with Gasteiger partial charge in [-0.05, 0) is 56.3 Å². The lowest BCUT2D eigenvalue weighted by Gasteiger charge is -2.38. The predicted octanol–water partition coefficient (Wildman–Crippen LogP) is 4.33. The first-order valence-electron chi connectivity index (χ1n) is 6.33. The fraction of sp³-hybridized carbons (Fsp3) is 0.571. The van der Waals surface area contributed by atoms with Crippen molar-refractivity contribution in [3.05, 3.63) is 33.8 Å². The zero-order valence-corrected chi connectivity index (χ0v) is 11.5. The first-order valence-corrected chi connectivity index (χ1v) is 7.09. The van der Waals surface area contributed by atoms with Crippen molar-refractivity contribution in [3.8, 4) is 0 Å². The lowest BCUT2D eigenvalue weighted by atomic mass is 9.85. The fourth-order valence-corrected chi connectivity index (χ4v) is 3.88. The van der Waals surface area contributed by atoms with Gasteiger partial charge in [-0.1, -0.05) is 29.3 Å². The topological polar surface area (TPSA) is 3.24 Å². The van der Waals surface area contributed by atoms with Crippen LogP contribution in [0.15, 0.2) is 18.2 Å². The summed E-state index contributed by atoms with van der Waals surface area (Å²) in [4.78, 5) is 2.57. The summed E-state index contributed by atoms with van der Waals surface area (Å²) in [5.41, 5.74) is 1.36. The van der Waals surface area contributed by atoms with Crippen molar-refractivity contribution < 1.29 is 0 Å². The average molecular weight is 270 g/mol. The average Bonchev–Trinajstić information content (AvgIpc) is 2.56. The molecular formula is C14H17Cl2N. The summed E-state index contributed by atoms with van der Waals surface area (Å²) in [5, 5.41) is 1.34. The van der Waals surface area contributed by atoms with Crippen molar-refractivity contribution in [3.63, 3.8) is 0 Å². The summed E-state index contributed by atoms with van der Waals surface area (Å²) < 4.78 is 0. The van der Waals surface area contributed by atoms with Crippen molar-refractivity contribution in [2.75, 3.05) is 7.05 Å². The number of halogens is 2. The van der Waals surface area contributed by atoms with Crippen LogP contribution in [0.1, 0.15) is 37.2 Å². The Balaban J connectivity index is 1.90. The van der Waals surface area contributed by atoms with E-state index < -0.39 is 0 Å². The van der Waals surface area contributed by atoms with E-state index >= 15 is 0 Å². The van der Waals surface area contributed by atoms with Crippen LogP contribution in [0.25, 0.3) is 0 Å². The molecule has 0 saturated carbocycles. The first kappa shape index (κ1) is 11.8. The van der Waals surface area contributed by atoms with Crippen LogP contribution in [-0.4, -0.2) is 24.0 Å². The maximum atomic E-state index is 6.13. The van der Waals surface area contributed by atoms with E-state index in [4.69, 9.17) is 23.2 Å². The van der Waals surface area contributed by atoms with E-state index in [1.54, 1.807) is 0 Å². The summed E-state index contributed by atoms with van der Waals surface area (Å²) in [7, 11) is 2.27. The minimum absolute atomic E-state index is 0.633. The summed E-state index contributed by atoms with van der Waals surface area (Å²) in [6.07, 6.45) is 5.29. The highest BCUT2D eigenvalue weighted by atomic mass is 35.5. The Morgan fingerprint density at radius 3 is 2.59 bits per heavy atom. The van der Waals surface area contributed by atoms with Crippen molar-refractivity contribution in [1.82, 2.24) is 4.90 Å². The van der Waals surface area contributed by atoms with E-state index in [0.717, 1.165) is 6.04 Å². The van der Waals surface area contributed by atoms with Crippen molar-refractivity contribution >= 4 is 23.2 Å². The van der Waals surface area contributed by atoms with E-state index in [1.807, 2.05) is 6.07 Å². The molecule has 1 aromatic rings. The van der Waals surface area contributed by atoms with Crippen molar-refractivity contribution in [2.24, 2.45) is 0 Å². The van der Waals surface area contributed by atoms with Gasteiger partial charge >= 0.3 is 0 Å². The second kappa shape index (κ2) is 4.46. The van der Waals surface area contributed by atoms with Gasteiger partial charge in [0.15, 0.2) is 0 Å². The van der Waals surface area contributed by atoms with Gasteiger partial charge in [-0.3, -0.25) is 4.90 Å². The van der Waals surface area contributed by atoms with Gasteiger partial charge in [0.1, 0.15) is 0 Å². The molecule has 3 rings (SSSR count). The molecular weight excluding hydrogens is 253 g/mol. The second-order valence-electron chi connectivity index (χ2n) is 5.32. The van der Waals surface area contributed by atoms with E-state index in [9.17, 15) is 0 Å². The largest absolute Gasteiger partial charge is 0.300 e. The van der Waals surface area contributed by atoms with Crippen LogP contribution in [0, 0.1) is 0 Å². The van der Waals surface area contributed by atoms with Gasteiger partial charge in [-0.15, -0.1) is 0 Å². The summed E-state index contributed by atoms with van der Waals surface area (Å²) in [6.45, 7) is 0. The number of fused-ring (bicyclic) bond motifs is 2. The smallest absolute Gasteiger partial charge is 0.0595 e. The lowest BCUT2D eigenvalue weighted by molar-refractivity contribution is 0.156. The SMILES string of the molecule is CN1[C@@H]2CC[C@H](c3ccc(Cl)c(Cl)c3)[C@H]1CC2. The minimum atomic E-state index is 0.633. The third-order valence-electron chi connectivity index (χ3n) is 4.54. The molecule has 2 bridgehead atoms. The van der Waals surface area contributed by atoms with Crippen LogP contribution in [-0.2, 0) is 0 Å². The molecule has 92 valence electrons. The van der Waals surface area contributed by atoms with Gasteiger partial charge < -0.3 is 0 Å². The first-order chi connectivity index (χ1) is 8.16.